The van der Waals surface area contributed by atoms with Crippen molar-refractivity contribution in [3.05, 3.63) is 72.2 Å². The summed E-state index contributed by atoms with van der Waals surface area (Å²) in [6.45, 7) is -0.160. The van der Waals surface area contributed by atoms with E-state index in [-0.39, 0.29) is 36.8 Å². The SMILES string of the molecule is O=S(=O)(c1ccccc1-c1ccnc(CO)c1)C1(Nc2ccc(C(F)(F)F)cn2)CCNCC1O. The Balaban J connectivity index is 1.82. The lowest BCUT2D eigenvalue weighted by molar-refractivity contribution is -0.137. The van der Waals surface area contributed by atoms with Crippen LogP contribution in [-0.2, 0) is 22.6 Å². The standard InChI is InChI=1S/C23H23F3N4O4S/c24-23(25,26)16-5-6-21(29-12-16)30-22(8-10-27-13-20(22)32)35(33,34)19-4-2-1-3-18(19)15-7-9-28-17(11-15)14-31/h1-7,9,11-12,20,27,31-32H,8,10,13-14H2,(H,29,30). The van der Waals surface area contributed by atoms with Crippen molar-refractivity contribution in [2.24, 2.45) is 0 Å². The van der Waals surface area contributed by atoms with E-state index in [1.54, 1.807) is 30.3 Å². The van der Waals surface area contributed by atoms with Gasteiger partial charge in [-0.3, -0.25) is 4.98 Å². The van der Waals surface area contributed by atoms with Gasteiger partial charge < -0.3 is 20.8 Å². The average molecular weight is 509 g/mol. The van der Waals surface area contributed by atoms with Crippen LogP contribution in [0.5, 0.6) is 0 Å². The molecule has 1 aliphatic rings. The molecule has 2 aromatic heterocycles. The summed E-state index contributed by atoms with van der Waals surface area (Å²) in [5, 5.41) is 26.1. The van der Waals surface area contributed by atoms with Crippen LogP contribution in [0, 0.1) is 0 Å². The largest absolute Gasteiger partial charge is 0.417 e. The summed E-state index contributed by atoms with van der Waals surface area (Å²) in [5.74, 6) is -0.119. The number of piperidine rings is 1. The summed E-state index contributed by atoms with van der Waals surface area (Å²) < 4.78 is 67.2. The zero-order chi connectivity index (χ0) is 25.3. The van der Waals surface area contributed by atoms with Crippen LogP contribution in [0.2, 0.25) is 0 Å². The third kappa shape index (κ3) is 4.74. The highest BCUT2D eigenvalue weighted by atomic mass is 32.2. The van der Waals surface area contributed by atoms with Gasteiger partial charge in [-0.15, -0.1) is 0 Å². The predicted octanol–water partition coefficient (Wildman–Crippen LogP) is 2.59. The first-order valence-electron chi connectivity index (χ1n) is 10.7. The molecule has 0 radical (unpaired) electrons. The van der Waals surface area contributed by atoms with E-state index in [4.69, 9.17) is 0 Å². The van der Waals surface area contributed by atoms with Gasteiger partial charge in [0.25, 0.3) is 0 Å². The minimum atomic E-state index is -4.60. The second kappa shape index (κ2) is 9.53. The fraction of sp³-hybridized carbons (Fsp3) is 0.304. The molecule has 8 nitrogen and oxygen atoms in total. The number of nitrogens with one attached hydrogen (secondary N) is 2. The first-order valence-corrected chi connectivity index (χ1v) is 12.2. The van der Waals surface area contributed by atoms with E-state index >= 15 is 0 Å². The number of hydrogen-bond acceptors (Lipinski definition) is 8. The molecule has 12 heteroatoms. The normalized spacial score (nSPS) is 21.0. The molecule has 1 aliphatic heterocycles. The minimum Gasteiger partial charge on any atom is -0.390 e. The monoisotopic (exact) mass is 508 g/mol. The van der Waals surface area contributed by atoms with Crippen molar-refractivity contribution in [2.45, 2.75) is 35.1 Å². The van der Waals surface area contributed by atoms with Gasteiger partial charge in [0.05, 0.1) is 22.8 Å². The molecule has 1 fully saturated rings. The van der Waals surface area contributed by atoms with Gasteiger partial charge in [0.1, 0.15) is 11.9 Å². The minimum absolute atomic E-state index is 0.0566. The molecule has 3 heterocycles. The molecule has 3 aromatic rings. The third-order valence-corrected chi connectivity index (χ3v) is 8.40. The lowest BCUT2D eigenvalue weighted by Gasteiger charge is -2.42. The van der Waals surface area contributed by atoms with Crippen molar-refractivity contribution in [3.63, 3.8) is 0 Å². The van der Waals surface area contributed by atoms with Crippen LogP contribution < -0.4 is 10.6 Å². The number of aliphatic hydroxyl groups is 2. The maximum atomic E-state index is 14.2. The van der Waals surface area contributed by atoms with E-state index in [1.165, 1.54) is 12.3 Å². The van der Waals surface area contributed by atoms with Crippen molar-refractivity contribution >= 4 is 15.7 Å². The highest BCUT2D eigenvalue weighted by Gasteiger charge is 2.52. The number of benzene rings is 1. The lowest BCUT2D eigenvalue weighted by Crippen LogP contribution is -2.63. The molecular formula is C23H23F3N4O4S. The molecule has 4 rings (SSSR count). The van der Waals surface area contributed by atoms with Crippen molar-refractivity contribution < 1.29 is 31.8 Å². The number of nitrogens with zero attached hydrogens (tertiary/aromatic N) is 2. The maximum Gasteiger partial charge on any atom is 0.417 e. The highest BCUT2D eigenvalue weighted by Crippen LogP contribution is 2.39. The number of aliphatic hydroxyl groups excluding tert-OH is 2. The van der Waals surface area contributed by atoms with Gasteiger partial charge in [-0.2, -0.15) is 13.2 Å². The van der Waals surface area contributed by atoms with Crippen LogP contribution in [0.1, 0.15) is 17.7 Å². The summed E-state index contributed by atoms with van der Waals surface area (Å²) >= 11 is 0. The molecule has 4 N–H and O–H groups in total. The molecule has 0 aliphatic carbocycles. The Morgan fingerprint density at radius 3 is 2.57 bits per heavy atom. The number of hydrogen-bond donors (Lipinski definition) is 4. The van der Waals surface area contributed by atoms with Crippen LogP contribution in [0.4, 0.5) is 19.0 Å². The van der Waals surface area contributed by atoms with Crippen LogP contribution >= 0.6 is 0 Å². The summed E-state index contributed by atoms with van der Waals surface area (Å²) in [4.78, 5) is 5.74. The van der Waals surface area contributed by atoms with Gasteiger partial charge in [0.2, 0.25) is 9.84 Å². The Hall–Kier alpha value is -3.06. The van der Waals surface area contributed by atoms with Crippen molar-refractivity contribution in [1.82, 2.24) is 15.3 Å². The van der Waals surface area contributed by atoms with Gasteiger partial charge in [-0.25, -0.2) is 13.4 Å². The lowest BCUT2D eigenvalue weighted by atomic mass is 10.0. The van der Waals surface area contributed by atoms with E-state index in [0.717, 1.165) is 12.1 Å². The van der Waals surface area contributed by atoms with Crippen molar-refractivity contribution in [3.8, 4) is 11.1 Å². The predicted molar refractivity (Wildman–Crippen MR) is 122 cm³/mol. The molecule has 186 valence electrons. The molecular weight excluding hydrogens is 485 g/mol. The molecule has 1 aromatic carbocycles. The first kappa shape index (κ1) is 25.0. The Morgan fingerprint density at radius 2 is 1.91 bits per heavy atom. The van der Waals surface area contributed by atoms with Gasteiger partial charge >= 0.3 is 6.18 Å². The molecule has 0 amide bonds. The molecule has 35 heavy (non-hydrogen) atoms. The van der Waals surface area contributed by atoms with Crippen molar-refractivity contribution in [2.75, 3.05) is 18.4 Å². The Morgan fingerprint density at radius 1 is 1.14 bits per heavy atom. The number of halogens is 3. The van der Waals surface area contributed by atoms with Gasteiger partial charge in [-0.1, -0.05) is 18.2 Å². The summed E-state index contributed by atoms with van der Waals surface area (Å²) in [6.07, 6.45) is -4.06. The maximum absolute atomic E-state index is 14.2. The number of sulfone groups is 1. The van der Waals surface area contributed by atoms with Crippen molar-refractivity contribution in [1.29, 1.82) is 0 Å². The van der Waals surface area contributed by atoms with E-state index < -0.39 is 32.6 Å². The molecule has 2 unspecified atom stereocenters. The summed E-state index contributed by atoms with van der Waals surface area (Å²) in [7, 11) is -4.35. The first-order chi connectivity index (χ1) is 16.6. The number of alkyl halides is 3. The Bertz CT molecular complexity index is 1300. The molecule has 0 saturated carbocycles. The molecule has 1 saturated heterocycles. The average Bonchev–Trinajstić information content (AvgIpc) is 2.85. The van der Waals surface area contributed by atoms with Crippen LogP contribution in [-0.4, -0.2) is 52.7 Å². The highest BCUT2D eigenvalue weighted by molar-refractivity contribution is 7.93. The van der Waals surface area contributed by atoms with E-state index in [0.29, 0.717) is 23.0 Å². The van der Waals surface area contributed by atoms with E-state index in [1.807, 2.05) is 0 Å². The van der Waals surface area contributed by atoms with E-state index in [2.05, 4.69) is 20.6 Å². The quantitative estimate of drug-likeness (QED) is 0.401. The Kier molecular flexibility index (Phi) is 6.82. The van der Waals surface area contributed by atoms with Gasteiger partial charge in [-0.05, 0) is 42.4 Å². The number of anilines is 1. The number of β-amino-alcohol motifs (C(OH)–C–C–N with tert-alkyl or cyclic N) is 1. The molecule has 0 bridgehead atoms. The second-order valence-electron chi connectivity index (χ2n) is 8.11. The molecule has 2 atom stereocenters. The van der Waals surface area contributed by atoms with Crippen LogP contribution in [0.25, 0.3) is 11.1 Å². The zero-order valence-electron chi connectivity index (χ0n) is 18.3. The Labute approximate surface area is 199 Å². The number of pyridine rings is 2. The number of rotatable bonds is 6. The summed E-state index contributed by atoms with van der Waals surface area (Å²) in [5.41, 5.74) is 0.193. The van der Waals surface area contributed by atoms with Gasteiger partial charge in [0, 0.05) is 30.9 Å². The second-order valence-corrected chi connectivity index (χ2v) is 10.3. The smallest absolute Gasteiger partial charge is 0.390 e. The van der Waals surface area contributed by atoms with E-state index in [9.17, 15) is 31.8 Å². The summed E-state index contributed by atoms with van der Waals surface area (Å²) in [6, 6.07) is 11.2. The topological polar surface area (TPSA) is 124 Å². The molecule has 0 spiro atoms. The zero-order valence-corrected chi connectivity index (χ0v) is 19.1. The van der Waals surface area contributed by atoms with Gasteiger partial charge in [0.15, 0.2) is 4.87 Å². The fourth-order valence-electron chi connectivity index (χ4n) is 4.09. The fourth-order valence-corrected chi connectivity index (χ4v) is 6.27. The van der Waals surface area contributed by atoms with Crippen LogP contribution in [0.3, 0.4) is 0 Å². The number of aromatic nitrogens is 2. The third-order valence-electron chi connectivity index (χ3n) is 5.93. The van der Waals surface area contributed by atoms with Crippen LogP contribution in [0.15, 0.2) is 65.8 Å².